The predicted molar refractivity (Wildman–Crippen MR) is 158 cm³/mol. The molecule has 3 fully saturated rings. The quantitative estimate of drug-likeness (QED) is 0.284. The van der Waals surface area contributed by atoms with Crippen molar-refractivity contribution >= 4 is 23.7 Å². The summed E-state index contributed by atoms with van der Waals surface area (Å²) in [6, 6.07) is 7.14. The second kappa shape index (κ2) is 16.0. The van der Waals surface area contributed by atoms with Gasteiger partial charge in [-0.1, -0.05) is 62.8 Å². The molecular weight excluding hydrogens is 546 g/mol. The lowest BCUT2D eigenvalue weighted by molar-refractivity contribution is -0.175. The van der Waals surface area contributed by atoms with Gasteiger partial charge in [-0.05, 0) is 49.3 Å². The van der Waals surface area contributed by atoms with E-state index in [0.29, 0.717) is 49.7 Å². The first-order valence-corrected chi connectivity index (χ1v) is 15.8. The number of carbonyl (C=O) groups excluding carboxylic acids is 2. The number of aliphatic hydroxyl groups is 1. The molecule has 1 aromatic carbocycles. The highest BCUT2D eigenvalue weighted by Crippen LogP contribution is 2.35. The highest BCUT2D eigenvalue weighted by Gasteiger charge is 2.42. The second-order valence-corrected chi connectivity index (χ2v) is 12.3. The summed E-state index contributed by atoms with van der Waals surface area (Å²) in [4.78, 5) is 27.0. The molecule has 230 valence electrons. The van der Waals surface area contributed by atoms with Crippen molar-refractivity contribution in [2.24, 2.45) is 17.8 Å². The molecule has 0 radical (unpaired) electrons. The molecule has 10 heteroatoms. The van der Waals surface area contributed by atoms with Gasteiger partial charge in [-0.3, -0.25) is 0 Å². The normalized spacial score (nSPS) is 25.5. The Kier molecular flexibility index (Phi) is 12.4. The number of amides is 3. The van der Waals surface area contributed by atoms with Crippen LogP contribution < -0.4 is 10.6 Å². The van der Waals surface area contributed by atoms with Crippen molar-refractivity contribution in [1.29, 1.82) is 0 Å². The molecule has 0 bridgehead atoms. The van der Waals surface area contributed by atoms with Crippen molar-refractivity contribution in [3.8, 4) is 0 Å². The van der Waals surface area contributed by atoms with E-state index in [2.05, 4.69) is 22.3 Å². The third-order valence-electron chi connectivity index (χ3n) is 9.07. The average Bonchev–Trinajstić information content (AvgIpc) is 2.97. The Balaban J connectivity index is 1.42. The summed E-state index contributed by atoms with van der Waals surface area (Å²) < 4.78 is 16.7. The van der Waals surface area contributed by atoms with Gasteiger partial charge in [0.15, 0.2) is 0 Å². The first kappa shape index (κ1) is 31.9. The molecule has 0 spiro atoms. The van der Waals surface area contributed by atoms with Gasteiger partial charge in [0.25, 0.3) is 0 Å². The third-order valence-corrected chi connectivity index (χ3v) is 9.30. The summed E-state index contributed by atoms with van der Waals surface area (Å²) in [5, 5.41) is 17.9. The van der Waals surface area contributed by atoms with Gasteiger partial charge in [-0.25, -0.2) is 9.59 Å². The molecular formula is C31H48ClN3O6. The number of carbonyl (C=O) groups is 2. The van der Waals surface area contributed by atoms with E-state index >= 15 is 0 Å². The van der Waals surface area contributed by atoms with Gasteiger partial charge >= 0.3 is 12.1 Å². The molecule has 1 saturated carbocycles. The molecule has 41 heavy (non-hydrogen) atoms. The smallest absolute Gasteiger partial charge is 0.406 e. The van der Waals surface area contributed by atoms with Crippen LogP contribution in [0.15, 0.2) is 24.3 Å². The monoisotopic (exact) mass is 593 g/mol. The minimum Gasteiger partial charge on any atom is -0.453 e. The van der Waals surface area contributed by atoms with Crippen LogP contribution in [0.3, 0.4) is 0 Å². The molecule has 2 saturated heterocycles. The van der Waals surface area contributed by atoms with Crippen molar-refractivity contribution in [1.82, 2.24) is 15.5 Å². The lowest BCUT2D eigenvalue weighted by atomic mass is 9.80. The Labute approximate surface area is 249 Å². The van der Waals surface area contributed by atoms with E-state index in [1.807, 2.05) is 29.2 Å². The van der Waals surface area contributed by atoms with Gasteiger partial charge in [0.2, 0.25) is 0 Å². The van der Waals surface area contributed by atoms with Gasteiger partial charge in [-0.2, -0.15) is 0 Å². The molecule has 1 aliphatic carbocycles. The largest absolute Gasteiger partial charge is 0.453 e. The number of benzene rings is 1. The Morgan fingerprint density at radius 2 is 2.00 bits per heavy atom. The van der Waals surface area contributed by atoms with Gasteiger partial charge in [0, 0.05) is 36.5 Å². The van der Waals surface area contributed by atoms with Crippen molar-refractivity contribution in [3.05, 3.63) is 34.9 Å². The van der Waals surface area contributed by atoms with Crippen LogP contribution in [-0.2, 0) is 14.2 Å². The van der Waals surface area contributed by atoms with Crippen LogP contribution in [-0.4, -0.2) is 80.3 Å². The molecule has 6 atom stereocenters. The third kappa shape index (κ3) is 8.96. The Morgan fingerprint density at radius 1 is 1.20 bits per heavy atom. The number of ether oxygens (including phenoxy) is 3. The SMILES string of the molecule is CC[C@H]1CO[C@@H]1[C@H](O)[C@H](CC1CCCCC1)NC(=O)N1CCC[C@@H]([C@@H](OCCNC(=O)OC)c2cccc(Cl)c2)C1. The fraction of sp³-hybridized carbons (Fsp3) is 0.742. The van der Waals surface area contributed by atoms with Crippen LogP contribution in [0.25, 0.3) is 0 Å². The number of halogens is 1. The predicted octanol–water partition coefficient (Wildman–Crippen LogP) is 5.30. The van der Waals surface area contributed by atoms with E-state index in [4.69, 9.17) is 21.1 Å². The van der Waals surface area contributed by atoms with Crippen LogP contribution in [0.5, 0.6) is 0 Å². The number of likely N-dealkylation sites (tertiary alicyclic amines) is 1. The zero-order valence-corrected chi connectivity index (χ0v) is 25.3. The van der Waals surface area contributed by atoms with E-state index < -0.39 is 12.2 Å². The number of rotatable bonds is 12. The van der Waals surface area contributed by atoms with Crippen molar-refractivity contribution in [2.75, 3.05) is 40.0 Å². The molecule has 3 aliphatic rings. The Bertz CT molecular complexity index is 975. The van der Waals surface area contributed by atoms with Crippen LogP contribution in [0, 0.1) is 17.8 Å². The number of nitrogens with one attached hydrogen (secondary N) is 2. The van der Waals surface area contributed by atoms with E-state index in [1.54, 1.807) is 0 Å². The van der Waals surface area contributed by atoms with E-state index in [1.165, 1.54) is 26.4 Å². The average molecular weight is 594 g/mol. The second-order valence-electron chi connectivity index (χ2n) is 11.9. The molecule has 1 aromatic rings. The first-order valence-electron chi connectivity index (χ1n) is 15.4. The number of urea groups is 1. The van der Waals surface area contributed by atoms with Crippen LogP contribution in [0.1, 0.15) is 76.4 Å². The molecule has 9 nitrogen and oxygen atoms in total. The molecule has 2 aliphatic heterocycles. The summed E-state index contributed by atoms with van der Waals surface area (Å²) in [5.41, 5.74) is 0.946. The Morgan fingerprint density at radius 3 is 2.68 bits per heavy atom. The van der Waals surface area contributed by atoms with Crippen molar-refractivity contribution in [2.45, 2.75) is 89.1 Å². The lowest BCUT2D eigenvalue weighted by Gasteiger charge is -2.44. The van der Waals surface area contributed by atoms with Crippen LogP contribution in [0.2, 0.25) is 5.02 Å². The summed E-state index contributed by atoms with van der Waals surface area (Å²) in [7, 11) is 1.33. The molecule has 4 rings (SSSR count). The number of alkyl carbamates (subject to hydrolysis) is 1. The minimum absolute atomic E-state index is 0.0484. The summed E-state index contributed by atoms with van der Waals surface area (Å²) in [6.07, 6.45) is 7.74. The van der Waals surface area contributed by atoms with E-state index in [-0.39, 0.29) is 30.2 Å². The van der Waals surface area contributed by atoms with E-state index in [9.17, 15) is 14.7 Å². The molecule has 2 heterocycles. The van der Waals surface area contributed by atoms with Gasteiger partial charge in [-0.15, -0.1) is 0 Å². The fourth-order valence-corrected chi connectivity index (χ4v) is 6.86. The summed E-state index contributed by atoms with van der Waals surface area (Å²) in [6.45, 7) is 4.58. The maximum atomic E-state index is 13.7. The number of piperidine rings is 1. The molecule has 0 unspecified atom stereocenters. The van der Waals surface area contributed by atoms with Crippen molar-refractivity contribution in [3.63, 3.8) is 0 Å². The zero-order chi connectivity index (χ0) is 29.2. The first-order chi connectivity index (χ1) is 19.9. The van der Waals surface area contributed by atoms with Gasteiger partial charge in [0.05, 0.1) is 38.6 Å². The van der Waals surface area contributed by atoms with Crippen LogP contribution >= 0.6 is 11.6 Å². The maximum absolute atomic E-state index is 13.7. The number of hydrogen-bond donors (Lipinski definition) is 3. The highest BCUT2D eigenvalue weighted by molar-refractivity contribution is 6.30. The molecule has 0 aromatic heterocycles. The minimum atomic E-state index is -0.718. The fourth-order valence-electron chi connectivity index (χ4n) is 6.66. The number of methoxy groups -OCH3 is 1. The van der Waals surface area contributed by atoms with Crippen LogP contribution in [0.4, 0.5) is 9.59 Å². The van der Waals surface area contributed by atoms with E-state index in [0.717, 1.165) is 44.1 Å². The summed E-state index contributed by atoms with van der Waals surface area (Å²) in [5.74, 6) is 0.892. The van der Waals surface area contributed by atoms with Crippen molar-refractivity contribution < 1.29 is 28.9 Å². The topological polar surface area (TPSA) is 109 Å². The number of aliphatic hydroxyl groups excluding tert-OH is 1. The zero-order valence-electron chi connectivity index (χ0n) is 24.6. The number of hydrogen-bond acceptors (Lipinski definition) is 6. The Hall–Kier alpha value is -2.07. The summed E-state index contributed by atoms with van der Waals surface area (Å²) >= 11 is 6.32. The number of nitrogens with zero attached hydrogens (tertiary/aromatic N) is 1. The highest BCUT2D eigenvalue weighted by atomic mass is 35.5. The molecule has 3 amide bonds. The lowest BCUT2D eigenvalue weighted by Crippen LogP contribution is -2.59. The van der Waals surface area contributed by atoms with Gasteiger partial charge in [0.1, 0.15) is 6.10 Å². The molecule has 3 N–H and O–H groups in total. The maximum Gasteiger partial charge on any atom is 0.406 e. The standard InChI is InChI=1S/C31H48ClN3O6/c1-3-22-20-41-29(22)27(36)26(17-21-9-5-4-6-10-21)34-30(37)35-15-8-12-24(19-35)28(23-11-7-13-25(32)18-23)40-16-14-33-31(38)39-2/h7,11,13,18,21-22,24,26-29,36H,3-6,8-10,12,14-17,19-20H2,1-2H3,(H,33,38)(H,34,37)/t22-,24+,26-,27+,28-,29-/m0/s1. The van der Waals surface area contributed by atoms with Gasteiger partial charge < -0.3 is 34.9 Å².